The van der Waals surface area contributed by atoms with Gasteiger partial charge in [-0.05, 0) is 57.6 Å². The van der Waals surface area contributed by atoms with E-state index in [9.17, 15) is 4.79 Å². The van der Waals surface area contributed by atoms with Crippen LogP contribution in [0.5, 0.6) is 0 Å². The van der Waals surface area contributed by atoms with Gasteiger partial charge in [0.15, 0.2) is 11.3 Å². The molecule has 0 unspecified atom stereocenters. The molecule has 3 aromatic rings. The standard InChI is InChI=1S/C26H32ClN5O3/c1-4-35-26(33)20-14-21(31-10-8-17(9-11-31)15-34-3)23-24(18-6-5-7-18)30-32(25(23)29-20)19-12-16(2)28-22(27)13-19/h12-14,17-18H,4-11,15H2,1-3H3. The van der Waals surface area contributed by atoms with Crippen molar-refractivity contribution >= 4 is 34.3 Å². The highest BCUT2D eigenvalue weighted by Gasteiger charge is 2.31. The predicted molar refractivity (Wildman–Crippen MR) is 136 cm³/mol. The van der Waals surface area contributed by atoms with Crippen LogP contribution in [0.4, 0.5) is 5.69 Å². The maximum absolute atomic E-state index is 12.8. The van der Waals surface area contributed by atoms with Crippen LogP contribution in [0.1, 0.15) is 66.8 Å². The number of pyridine rings is 2. The van der Waals surface area contributed by atoms with Crippen LogP contribution in [0, 0.1) is 12.8 Å². The lowest BCUT2D eigenvalue weighted by Gasteiger charge is -2.34. The van der Waals surface area contributed by atoms with Crippen molar-refractivity contribution in [2.24, 2.45) is 5.92 Å². The monoisotopic (exact) mass is 497 g/mol. The van der Waals surface area contributed by atoms with Crippen LogP contribution in [0.2, 0.25) is 5.15 Å². The first-order valence-corrected chi connectivity index (χ1v) is 12.9. The van der Waals surface area contributed by atoms with E-state index >= 15 is 0 Å². The summed E-state index contributed by atoms with van der Waals surface area (Å²) in [6, 6.07) is 5.63. The number of ether oxygens (including phenoxy) is 2. The van der Waals surface area contributed by atoms with Crippen molar-refractivity contribution in [1.82, 2.24) is 19.7 Å². The van der Waals surface area contributed by atoms with Gasteiger partial charge in [0, 0.05) is 44.5 Å². The van der Waals surface area contributed by atoms with Crippen LogP contribution >= 0.6 is 11.6 Å². The average molecular weight is 498 g/mol. The number of hydrogen-bond donors (Lipinski definition) is 0. The van der Waals surface area contributed by atoms with Gasteiger partial charge < -0.3 is 14.4 Å². The molecule has 0 spiro atoms. The second-order valence-corrected chi connectivity index (χ2v) is 9.93. The molecule has 2 fully saturated rings. The van der Waals surface area contributed by atoms with E-state index in [1.807, 2.05) is 23.7 Å². The highest BCUT2D eigenvalue weighted by molar-refractivity contribution is 6.29. The molecule has 186 valence electrons. The number of aromatic nitrogens is 4. The van der Waals surface area contributed by atoms with E-state index in [4.69, 9.17) is 31.2 Å². The first-order chi connectivity index (χ1) is 17.0. The molecule has 9 heteroatoms. The van der Waals surface area contributed by atoms with Crippen molar-refractivity contribution in [3.05, 3.63) is 40.4 Å². The molecular formula is C26H32ClN5O3. The number of piperidine rings is 1. The van der Waals surface area contributed by atoms with Crippen LogP contribution in [0.3, 0.4) is 0 Å². The number of esters is 1. The lowest BCUT2D eigenvalue weighted by atomic mass is 9.82. The number of rotatable bonds is 7. The van der Waals surface area contributed by atoms with E-state index in [0.717, 1.165) is 73.5 Å². The second kappa shape index (κ2) is 10.1. The third kappa shape index (κ3) is 4.74. The topological polar surface area (TPSA) is 82.4 Å². The lowest BCUT2D eigenvalue weighted by molar-refractivity contribution is 0.0520. The smallest absolute Gasteiger partial charge is 0.357 e. The SMILES string of the molecule is CCOC(=O)c1cc(N2CCC(COC)CC2)c2c(C3CCC3)nn(-c3cc(C)nc(Cl)c3)c2n1. The molecule has 2 aliphatic rings. The van der Waals surface area contributed by atoms with Crippen molar-refractivity contribution in [2.75, 3.05) is 38.3 Å². The molecule has 0 atom stereocenters. The Hall–Kier alpha value is -2.71. The summed E-state index contributed by atoms with van der Waals surface area (Å²) in [6.45, 7) is 6.57. The zero-order chi connectivity index (χ0) is 24.5. The van der Waals surface area contributed by atoms with E-state index in [1.54, 1.807) is 20.1 Å². The second-order valence-electron chi connectivity index (χ2n) is 9.55. The number of carbonyl (C=O) groups is 1. The normalized spacial score (nSPS) is 17.1. The molecule has 8 nitrogen and oxygen atoms in total. The highest BCUT2D eigenvalue weighted by atomic mass is 35.5. The maximum atomic E-state index is 12.8. The summed E-state index contributed by atoms with van der Waals surface area (Å²) < 4.78 is 12.6. The summed E-state index contributed by atoms with van der Waals surface area (Å²) in [6.07, 6.45) is 5.50. The molecule has 1 saturated heterocycles. The predicted octanol–water partition coefficient (Wildman–Crippen LogP) is 5.08. The van der Waals surface area contributed by atoms with Gasteiger partial charge >= 0.3 is 5.97 Å². The Morgan fingerprint density at radius 2 is 1.91 bits per heavy atom. The summed E-state index contributed by atoms with van der Waals surface area (Å²) in [4.78, 5) is 24.3. The molecule has 0 bridgehead atoms. The molecule has 4 heterocycles. The third-order valence-electron chi connectivity index (χ3n) is 7.13. The summed E-state index contributed by atoms with van der Waals surface area (Å²) in [5.41, 5.74) is 4.60. The minimum Gasteiger partial charge on any atom is -0.461 e. The number of halogens is 1. The summed E-state index contributed by atoms with van der Waals surface area (Å²) in [5.74, 6) is 0.512. The molecule has 1 aliphatic heterocycles. The first kappa shape index (κ1) is 24.0. The fraction of sp³-hybridized carbons (Fsp3) is 0.538. The van der Waals surface area contributed by atoms with Crippen molar-refractivity contribution in [3.8, 4) is 5.69 Å². The van der Waals surface area contributed by atoms with E-state index in [2.05, 4.69) is 9.88 Å². The largest absolute Gasteiger partial charge is 0.461 e. The molecule has 0 radical (unpaired) electrons. The molecule has 0 amide bonds. The zero-order valence-corrected chi connectivity index (χ0v) is 21.3. The van der Waals surface area contributed by atoms with Crippen molar-refractivity contribution in [3.63, 3.8) is 0 Å². The van der Waals surface area contributed by atoms with Crippen LogP contribution in [0.25, 0.3) is 16.7 Å². The molecule has 1 aliphatic carbocycles. The number of anilines is 1. The molecule has 3 aromatic heterocycles. The van der Waals surface area contributed by atoms with Gasteiger partial charge in [0.05, 0.1) is 29.1 Å². The van der Waals surface area contributed by atoms with Gasteiger partial charge in [-0.15, -0.1) is 0 Å². The summed E-state index contributed by atoms with van der Waals surface area (Å²) in [5, 5.41) is 6.50. The van der Waals surface area contributed by atoms with Gasteiger partial charge in [-0.2, -0.15) is 5.10 Å². The minimum absolute atomic E-state index is 0.294. The molecule has 1 saturated carbocycles. The molecular weight excluding hydrogens is 466 g/mol. The maximum Gasteiger partial charge on any atom is 0.357 e. The minimum atomic E-state index is -0.424. The van der Waals surface area contributed by atoms with Gasteiger partial charge in [0.1, 0.15) is 5.15 Å². The van der Waals surface area contributed by atoms with Crippen LogP contribution < -0.4 is 4.90 Å². The van der Waals surface area contributed by atoms with Crippen molar-refractivity contribution in [1.29, 1.82) is 0 Å². The highest BCUT2D eigenvalue weighted by Crippen LogP contribution is 2.43. The van der Waals surface area contributed by atoms with E-state index < -0.39 is 5.97 Å². The summed E-state index contributed by atoms with van der Waals surface area (Å²) in [7, 11) is 1.76. The number of fused-ring (bicyclic) bond motifs is 1. The number of hydrogen-bond acceptors (Lipinski definition) is 7. The Balaban J connectivity index is 1.69. The molecule has 0 N–H and O–H groups in total. The van der Waals surface area contributed by atoms with Gasteiger partial charge in [-0.3, -0.25) is 0 Å². The van der Waals surface area contributed by atoms with Gasteiger partial charge in [-0.25, -0.2) is 19.4 Å². The zero-order valence-electron chi connectivity index (χ0n) is 20.6. The van der Waals surface area contributed by atoms with E-state index in [-0.39, 0.29) is 0 Å². The van der Waals surface area contributed by atoms with Crippen LogP contribution in [0.15, 0.2) is 18.2 Å². The Labute approximate surface area is 210 Å². The van der Waals surface area contributed by atoms with E-state index in [0.29, 0.717) is 34.9 Å². The quantitative estimate of drug-likeness (QED) is 0.332. The fourth-order valence-electron chi connectivity index (χ4n) is 5.14. The van der Waals surface area contributed by atoms with Gasteiger partial charge in [0.2, 0.25) is 0 Å². The Morgan fingerprint density at radius 1 is 1.14 bits per heavy atom. The number of aryl methyl sites for hydroxylation is 1. The Bertz CT molecular complexity index is 1210. The van der Waals surface area contributed by atoms with Crippen LogP contribution in [-0.4, -0.2) is 59.1 Å². The van der Waals surface area contributed by atoms with Gasteiger partial charge in [0.25, 0.3) is 0 Å². The fourth-order valence-corrected chi connectivity index (χ4v) is 5.38. The Morgan fingerprint density at radius 3 is 2.54 bits per heavy atom. The first-order valence-electron chi connectivity index (χ1n) is 12.5. The van der Waals surface area contributed by atoms with Crippen molar-refractivity contribution in [2.45, 2.75) is 51.9 Å². The van der Waals surface area contributed by atoms with Crippen LogP contribution in [-0.2, 0) is 9.47 Å². The number of nitrogens with zero attached hydrogens (tertiary/aromatic N) is 5. The van der Waals surface area contributed by atoms with Crippen molar-refractivity contribution < 1.29 is 14.3 Å². The lowest BCUT2D eigenvalue weighted by Crippen LogP contribution is -2.35. The van der Waals surface area contributed by atoms with Gasteiger partial charge in [-0.1, -0.05) is 18.0 Å². The molecule has 5 rings (SSSR count). The average Bonchev–Trinajstić information content (AvgIpc) is 3.17. The number of carbonyl (C=O) groups excluding carboxylic acids is 1. The molecule has 35 heavy (non-hydrogen) atoms. The Kier molecular flexibility index (Phi) is 6.93. The molecule has 0 aromatic carbocycles. The van der Waals surface area contributed by atoms with E-state index in [1.165, 1.54) is 6.42 Å². The summed E-state index contributed by atoms with van der Waals surface area (Å²) >= 11 is 6.31. The number of methoxy groups -OCH3 is 1. The third-order valence-corrected chi connectivity index (χ3v) is 7.32.